The summed E-state index contributed by atoms with van der Waals surface area (Å²) in [5.41, 5.74) is 1.87. The van der Waals surface area contributed by atoms with Crippen molar-refractivity contribution in [1.82, 2.24) is 15.3 Å². The van der Waals surface area contributed by atoms with Crippen LogP contribution in [0.5, 0.6) is 11.5 Å². The van der Waals surface area contributed by atoms with Gasteiger partial charge in [-0.3, -0.25) is 4.79 Å². The number of aromatic amines is 1. The molecule has 0 fully saturated rings. The first kappa shape index (κ1) is 17.8. The molecular formula is C20H23N3O3. The van der Waals surface area contributed by atoms with Crippen LogP contribution in [0.4, 0.5) is 0 Å². The first-order valence-corrected chi connectivity index (χ1v) is 8.81. The fourth-order valence-electron chi connectivity index (χ4n) is 2.62. The number of imidazole rings is 1. The Morgan fingerprint density at radius 1 is 1.08 bits per heavy atom. The Balaban J connectivity index is 1.39. The molecule has 0 unspecified atom stereocenters. The average Bonchev–Trinajstić information content (AvgIpc) is 3.08. The molecular weight excluding hydrogens is 330 g/mol. The molecule has 0 saturated carbocycles. The van der Waals surface area contributed by atoms with Crippen LogP contribution in [-0.2, 0) is 11.3 Å². The van der Waals surface area contributed by atoms with Gasteiger partial charge in [-0.25, -0.2) is 4.98 Å². The second-order valence-electron chi connectivity index (χ2n) is 5.81. The fraction of sp³-hybridized carbons (Fsp3) is 0.300. The summed E-state index contributed by atoms with van der Waals surface area (Å²) in [5, 5.41) is 2.88. The van der Waals surface area contributed by atoms with E-state index in [1.54, 1.807) is 0 Å². The third kappa shape index (κ3) is 4.75. The Labute approximate surface area is 152 Å². The molecule has 2 N–H and O–H groups in total. The number of carbonyl (C=O) groups excluding carboxylic acids is 1. The minimum Gasteiger partial charge on any atom is -0.490 e. The number of H-pyrrole nitrogens is 1. The summed E-state index contributed by atoms with van der Waals surface area (Å²) < 4.78 is 11.2. The van der Waals surface area contributed by atoms with Crippen molar-refractivity contribution in [3.05, 3.63) is 54.4 Å². The van der Waals surface area contributed by atoms with E-state index in [2.05, 4.69) is 15.3 Å². The van der Waals surface area contributed by atoms with Gasteiger partial charge in [0.25, 0.3) is 0 Å². The van der Waals surface area contributed by atoms with Crippen molar-refractivity contribution in [1.29, 1.82) is 0 Å². The fourth-order valence-corrected chi connectivity index (χ4v) is 2.62. The lowest BCUT2D eigenvalue weighted by molar-refractivity contribution is -0.121. The molecule has 1 amide bonds. The van der Waals surface area contributed by atoms with Crippen molar-refractivity contribution in [3.8, 4) is 11.5 Å². The molecule has 0 aliphatic carbocycles. The van der Waals surface area contributed by atoms with Gasteiger partial charge in [0.1, 0.15) is 5.82 Å². The molecule has 1 aromatic heterocycles. The summed E-state index contributed by atoms with van der Waals surface area (Å²) in [4.78, 5) is 19.6. The van der Waals surface area contributed by atoms with Gasteiger partial charge in [-0.2, -0.15) is 0 Å². The molecule has 3 rings (SSSR count). The molecule has 0 spiro atoms. The van der Waals surface area contributed by atoms with E-state index in [-0.39, 0.29) is 5.91 Å². The molecule has 6 nitrogen and oxygen atoms in total. The van der Waals surface area contributed by atoms with Gasteiger partial charge in [0.2, 0.25) is 5.91 Å². The SMILES string of the molecule is CCOc1ccccc1OCCCC(=O)NCc1nc2ccccc2[nH]1. The van der Waals surface area contributed by atoms with E-state index in [1.807, 2.05) is 55.5 Å². The highest BCUT2D eigenvalue weighted by molar-refractivity contribution is 5.76. The zero-order chi connectivity index (χ0) is 18.2. The number of carbonyl (C=O) groups is 1. The van der Waals surface area contributed by atoms with Crippen molar-refractivity contribution in [2.75, 3.05) is 13.2 Å². The van der Waals surface area contributed by atoms with Crippen LogP contribution in [0.3, 0.4) is 0 Å². The van der Waals surface area contributed by atoms with Crippen LogP contribution in [0.1, 0.15) is 25.6 Å². The van der Waals surface area contributed by atoms with Gasteiger partial charge in [-0.1, -0.05) is 24.3 Å². The second kappa shape index (κ2) is 8.89. The van der Waals surface area contributed by atoms with E-state index < -0.39 is 0 Å². The number of hydrogen-bond acceptors (Lipinski definition) is 4. The smallest absolute Gasteiger partial charge is 0.220 e. The predicted octanol–water partition coefficient (Wildman–Crippen LogP) is 3.44. The van der Waals surface area contributed by atoms with E-state index in [9.17, 15) is 4.79 Å². The zero-order valence-corrected chi connectivity index (χ0v) is 14.8. The number of para-hydroxylation sites is 4. The third-order valence-corrected chi connectivity index (χ3v) is 3.85. The molecule has 26 heavy (non-hydrogen) atoms. The van der Waals surface area contributed by atoms with Gasteiger partial charge in [-0.05, 0) is 37.6 Å². The van der Waals surface area contributed by atoms with Crippen molar-refractivity contribution < 1.29 is 14.3 Å². The standard InChI is InChI=1S/C20H23N3O3/c1-2-25-17-10-5-6-11-18(17)26-13-7-12-20(24)21-14-19-22-15-8-3-4-9-16(15)23-19/h3-6,8-11H,2,7,12-14H2,1H3,(H,21,24)(H,22,23). The van der Waals surface area contributed by atoms with E-state index >= 15 is 0 Å². The Bertz CT molecular complexity index is 827. The van der Waals surface area contributed by atoms with E-state index in [4.69, 9.17) is 9.47 Å². The Hall–Kier alpha value is -3.02. The quantitative estimate of drug-likeness (QED) is 0.578. The highest BCUT2D eigenvalue weighted by Gasteiger charge is 2.07. The molecule has 0 aliphatic heterocycles. The summed E-state index contributed by atoms with van der Waals surface area (Å²) in [5.74, 6) is 2.16. The monoisotopic (exact) mass is 353 g/mol. The molecule has 0 aliphatic rings. The van der Waals surface area contributed by atoms with Gasteiger partial charge < -0.3 is 19.8 Å². The maximum absolute atomic E-state index is 12.0. The van der Waals surface area contributed by atoms with Crippen LogP contribution >= 0.6 is 0 Å². The van der Waals surface area contributed by atoms with Crippen LogP contribution in [0.15, 0.2) is 48.5 Å². The highest BCUT2D eigenvalue weighted by Crippen LogP contribution is 2.26. The number of nitrogens with zero attached hydrogens (tertiary/aromatic N) is 1. The van der Waals surface area contributed by atoms with Crippen LogP contribution in [-0.4, -0.2) is 29.1 Å². The van der Waals surface area contributed by atoms with Crippen LogP contribution in [0.25, 0.3) is 11.0 Å². The third-order valence-electron chi connectivity index (χ3n) is 3.85. The van der Waals surface area contributed by atoms with Gasteiger partial charge in [-0.15, -0.1) is 0 Å². The summed E-state index contributed by atoms with van der Waals surface area (Å²) in [6.07, 6.45) is 1.03. The maximum atomic E-state index is 12.0. The second-order valence-corrected chi connectivity index (χ2v) is 5.81. The molecule has 0 saturated heterocycles. The average molecular weight is 353 g/mol. The maximum Gasteiger partial charge on any atom is 0.220 e. The first-order valence-electron chi connectivity index (χ1n) is 8.81. The van der Waals surface area contributed by atoms with E-state index in [0.29, 0.717) is 38.3 Å². The summed E-state index contributed by atoms with van der Waals surface area (Å²) in [6.45, 7) is 3.37. The zero-order valence-electron chi connectivity index (χ0n) is 14.8. The number of fused-ring (bicyclic) bond motifs is 1. The molecule has 6 heteroatoms. The highest BCUT2D eigenvalue weighted by atomic mass is 16.5. The lowest BCUT2D eigenvalue weighted by Gasteiger charge is -2.11. The first-order chi connectivity index (χ1) is 12.8. The predicted molar refractivity (Wildman–Crippen MR) is 100 cm³/mol. The summed E-state index contributed by atoms with van der Waals surface area (Å²) in [7, 11) is 0. The molecule has 136 valence electrons. The Morgan fingerprint density at radius 2 is 1.81 bits per heavy atom. The van der Waals surface area contributed by atoms with Crippen LogP contribution in [0.2, 0.25) is 0 Å². The van der Waals surface area contributed by atoms with E-state index in [1.165, 1.54) is 0 Å². The van der Waals surface area contributed by atoms with Gasteiger partial charge in [0, 0.05) is 6.42 Å². The molecule has 2 aromatic carbocycles. The minimum atomic E-state index is -0.0212. The lowest BCUT2D eigenvalue weighted by atomic mass is 10.3. The van der Waals surface area contributed by atoms with Crippen molar-refractivity contribution in [2.45, 2.75) is 26.3 Å². The van der Waals surface area contributed by atoms with Crippen LogP contribution in [0, 0.1) is 0 Å². The number of nitrogens with one attached hydrogen (secondary N) is 2. The molecule has 0 atom stereocenters. The topological polar surface area (TPSA) is 76.2 Å². The summed E-state index contributed by atoms with van der Waals surface area (Å²) in [6, 6.07) is 15.3. The van der Waals surface area contributed by atoms with Gasteiger partial charge >= 0.3 is 0 Å². The number of hydrogen-bond donors (Lipinski definition) is 2. The summed E-state index contributed by atoms with van der Waals surface area (Å²) >= 11 is 0. The van der Waals surface area contributed by atoms with Crippen molar-refractivity contribution in [3.63, 3.8) is 0 Å². The number of ether oxygens (including phenoxy) is 2. The molecule has 0 bridgehead atoms. The normalized spacial score (nSPS) is 10.7. The number of benzene rings is 2. The Kier molecular flexibility index (Phi) is 6.09. The lowest BCUT2D eigenvalue weighted by Crippen LogP contribution is -2.23. The van der Waals surface area contributed by atoms with Crippen molar-refractivity contribution >= 4 is 16.9 Å². The molecule has 0 radical (unpaired) electrons. The molecule has 1 heterocycles. The van der Waals surface area contributed by atoms with Crippen LogP contribution < -0.4 is 14.8 Å². The number of rotatable bonds is 9. The van der Waals surface area contributed by atoms with Gasteiger partial charge in [0.05, 0.1) is 30.8 Å². The molecule has 3 aromatic rings. The largest absolute Gasteiger partial charge is 0.490 e. The minimum absolute atomic E-state index is 0.0212. The van der Waals surface area contributed by atoms with Crippen molar-refractivity contribution in [2.24, 2.45) is 0 Å². The van der Waals surface area contributed by atoms with Gasteiger partial charge in [0.15, 0.2) is 11.5 Å². The Morgan fingerprint density at radius 3 is 2.58 bits per heavy atom. The number of aromatic nitrogens is 2. The number of amides is 1. The van der Waals surface area contributed by atoms with E-state index in [0.717, 1.165) is 22.6 Å².